The van der Waals surface area contributed by atoms with Gasteiger partial charge < -0.3 is 10.5 Å². The Balaban J connectivity index is 2.14. The Morgan fingerprint density at radius 1 is 1.42 bits per heavy atom. The normalized spacial score (nSPS) is 9.95. The van der Waals surface area contributed by atoms with E-state index < -0.39 is 5.82 Å². The molecule has 0 aliphatic carbocycles. The van der Waals surface area contributed by atoms with Crippen LogP contribution in [0.2, 0.25) is 0 Å². The summed E-state index contributed by atoms with van der Waals surface area (Å²) in [5.74, 6) is -0.361. The summed E-state index contributed by atoms with van der Waals surface area (Å²) in [5, 5.41) is 8.73. The van der Waals surface area contributed by atoms with Gasteiger partial charge in [-0.1, -0.05) is 0 Å². The van der Waals surface area contributed by atoms with Crippen molar-refractivity contribution in [1.29, 1.82) is 5.26 Å². The van der Waals surface area contributed by atoms with Crippen molar-refractivity contribution in [3.8, 4) is 11.8 Å². The smallest absolute Gasteiger partial charge is 0.167 e. The summed E-state index contributed by atoms with van der Waals surface area (Å²) in [6, 6.07) is 8.03. The molecule has 1 aromatic heterocycles. The molecule has 0 spiro atoms. The third-order valence-corrected chi connectivity index (χ3v) is 2.65. The fourth-order valence-electron chi connectivity index (χ4n) is 1.57. The Morgan fingerprint density at radius 3 is 2.95 bits per heavy atom. The van der Waals surface area contributed by atoms with Gasteiger partial charge in [-0.25, -0.2) is 9.37 Å². The standard InChI is InChI=1S/C14H12FN3O/c1-9-4-14(12(15)6-13(9)17)19-8-10-2-3-18-11(5-10)7-16/h2-6H,8,17H2,1H3. The molecule has 0 aliphatic heterocycles. The molecule has 4 nitrogen and oxygen atoms in total. The third-order valence-electron chi connectivity index (χ3n) is 2.65. The van der Waals surface area contributed by atoms with E-state index in [1.807, 2.05) is 6.07 Å². The van der Waals surface area contributed by atoms with Crippen molar-refractivity contribution in [2.24, 2.45) is 0 Å². The molecule has 5 heteroatoms. The number of hydrogen-bond donors (Lipinski definition) is 1. The van der Waals surface area contributed by atoms with Crippen LogP contribution in [0.3, 0.4) is 0 Å². The van der Waals surface area contributed by atoms with Crippen LogP contribution < -0.4 is 10.5 Å². The summed E-state index contributed by atoms with van der Waals surface area (Å²) in [6.45, 7) is 1.94. The molecule has 0 saturated heterocycles. The lowest BCUT2D eigenvalue weighted by Crippen LogP contribution is -2.00. The number of aryl methyl sites for hydroxylation is 1. The minimum Gasteiger partial charge on any atom is -0.486 e. The van der Waals surface area contributed by atoms with Crippen molar-refractivity contribution >= 4 is 5.69 Å². The van der Waals surface area contributed by atoms with Crippen molar-refractivity contribution in [2.45, 2.75) is 13.5 Å². The van der Waals surface area contributed by atoms with Gasteiger partial charge in [0.25, 0.3) is 0 Å². The Labute approximate surface area is 110 Å². The van der Waals surface area contributed by atoms with Gasteiger partial charge in [-0.05, 0) is 36.2 Å². The van der Waals surface area contributed by atoms with Crippen LogP contribution in [0.4, 0.5) is 10.1 Å². The number of pyridine rings is 1. The fourth-order valence-corrected chi connectivity index (χ4v) is 1.57. The first-order valence-corrected chi connectivity index (χ1v) is 5.63. The molecule has 0 aliphatic rings. The maximum Gasteiger partial charge on any atom is 0.167 e. The van der Waals surface area contributed by atoms with Gasteiger partial charge in [0.2, 0.25) is 0 Å². The summed E-state index contributed by atoms with van der Waals surface area (Å²) in [4.78, 5) is 3.85. The highest BCUT2D eigenvalue weighted by atomic mass is 19.1. The molecule has 19 heavy (non-hydrogen) atoms. The molecule has 0 bridgehead atoms. The summed E-state index contributed by atoms with van der Waals surface area (Å²) in [6.07, 6.45) is 1.52. The summed E-state index contributed by atoms with van der Waals surface area (Å²) < 4.78 is 19.0. The second-order valence-electron chi connectivity index (χ2n) is 4.09. The predicted molar refractivity (Wildman–Crippen MR) is 68.8 cm³/mol. The van der Waals surface area contributed by atoms with Gasteiger partial charge in [0.1, 0.15) is 18.4 Å². The maximum atomic E-state index is 13.6. The number of rotatable bonds is 3. The Morgan fingerprint density at radius 2 is 2.21 bits per heavy atom. The monoisotopic (exact) mass is 257 g/mol. The van der Waals surface area contributed by atoms with Gasteiger partial charge in [-0.2, -0.15) is 5.26 Å². The molecule has 1 aromatic carbocycles. The van der Waals surface area contributed by atoms with Gasteiger partial charge in [-0.15, -0.1) is 0 Å². The number of aromatic nitrogens is 1. The van der Waals surface area contributed by atoms with E-state index in [0.717, 1.165) is 11.1 Å². The van der Waals surface area contributed by atoms with E-state index in [0.29, 0.717) is 11.4 Å². The summed E-state index contributed by atoms with van der Waals surface area (Å²) in [7, 11) is 0. The van der Waals surface area contributed by atoms with Crippen LogP contribution in [-0.4, -0.2) is 4.98 Å². The van der Waals surface area contributed by atoms with E-state index in [-0.39, 0.29) is 12.4 Å². The molecule has 0 amide bonds. The van der Waals surface area contributed by atoms with Gasteiger partial charge in [0.05, 0.1) is 0 Å². The van der Waals surface area contributed by atoms with Gasteiger partial charge in [-0.3, -0.25) is 0 Å². The molecule has 0 atom stereocenters. The second-order valence-corrected chi connectivity index (χ2v) is 4.09. The third kappa shape index (κ3) is 2.99. The lowest BCUT2D eigenvalue weighted by atomic mass is 10.2. The number of halogens is 1. The van der Waals surface area contributed by atoms with Gasteiger partial charge in [0, 0.05) is 18.0 Å². The van der Waals surface area contributed by atoms with E-state index >= 15 is 0 Å². The Kier molecular flexibility index (Phi) is 3.62. The molecule has 0 fully saturated rings. The number of nitriles is 1. The van der Waals surface area contributed by atoms with Crippen LogP contribution in [-0.2, 0) is 6.61 Å². The molecule has 0 radical (unpaired) electrons. The molecule has 0 unspecified atom stereocenters. The highest BCUT2D eigenvalue weighted by Crippen LogP contribution is 2.24. The van der Waals surface area contributed by atoms with Crippen molar-refractivity contribution < 1.29 is 9.13 Å². The first-order valence-electron chi connectivity index (χ1n) is 5.63. The zero-order valence-electron chi connectivity index (χ0n) is 10.4. The largest absolute Gasteiger partial charge is 0.486 e. The van der Waals surface area contributed by atoms with Crippen molar-refractivity contribution in [2.75, 3.05) is 5.73 Å². The lowest BCUT2D eigenvalue weighted by molar-refractivity contribution is 0.290. The minimum absolute atomic E-state index is 0.141. The SMILES string of the molecule is Cc1cc(OCc2ccnc(C#N)c2)c(F)cc1N. The molecule has 1 heterocycles. The highest BCUT2D eigenvalue weighted by Gasteiger charge is 2.07. The van der Waals surface area contributed by atoms with Gasteiger partial charge in [0.15, 0.2) is 11.6 Å². The topological polar surface area (TPSA) is 71.9 Å². The van der Waals surface area contributed by atoms with Crippen LogP contribution in [0.1, 0.15) is 16.8 Å². The average molecular weight is 257 g/mol. The van der Waals surface area contributed by atoms with Crippen LogP contribution in [0.25, 0.3) is 0 Å². The van der Waals surface area contributed by atoms with Crippen LogP contribution in [0, 0.1) is 24.1 Å². The summed E-state index contributed by atoms with van der Waals surface area (Å²) in [5.41, 5.74) is 7.79. The molecule has 2 rings (SSSR count). The highest BCUT2D eigenvalue weighted by molar-refractivity contribution is 5.50. The first-order chi connectivity index (χ1) is 9.10. The van der Waals surface area contributed by atoms with Crippen molar-refractivity contribution in [3.63, 3.8) is 0 Å². The number of nitrogens with zero attached hydrogens (tertiary/aromatic N) is 2. The van der Waals surface area contributed by atoms with E-state index in [2.05, 4.69) is 4.98 Å². The molecule has 2 aromatic rings. The zero-order valence-corrected chi connectivity index (χ0v) is 10.4. The van der Waals surface area contributed by atoms with Crippen LogP contribution in [0.15, 0.2) is 30.5 Å². The second kappa shape index (κ2) is 5.36. The fraction of sp³-hybridized carbons (Fsp3) is 0.143. The Hall–Kier alpha value is -2.61. The number of nitrogens with two attached hydrogens (primary N) is 1. The number of anilines is 1. The van der Waals surface area contributed by atoms with Crippen molar-refractivity contribution in [3.05, 3.63) is 53.1 Å². The molecular weight excluding hydrogens is 245 g/mol. The van der Waals surface area contributed by atoms with E-state index in [9.17, 15) is 4.39 Å². The number of hydrogen-bond acceptors (Lipinski definition) is 4. The first kappa shape index (κ1) is 12.8. The van der Waals surface area contributed by atoms with Crippen LogP contribution in [0.5, 0.6) is 5.75 Å². The number of ether oxygens (including phenoxy) is 1. The van der Waals surface area contributed by atoms with E-state index in [1.165, 1.54) is 12.3 Å². The number of nitrogen functional groups attached to an aromatic ring is 1. The quantitative estimate of drug-likeness (QED) is 0.858. The van der Waals surface area contributed by atoms with Gasteiger partial charge >= 0.3 is 0 Å². The number of benzene rings is 1. The molecular formula is C14H12FN3O. The zero-order chi connectivity index (χ0) is 13.8. The lowest BCUT2D eigenvalue weighted by Gasteiger charge is -2.09. The summed E-state index contributed by atoms with van der Waals surface area (Å²) >= 11 is 0. The van der Waals surface area contributed by atoms with Crippen LogP contribution >= 0.6 is 0 Å². The molecule has 96 valence electrons. The molecule has 2 N–H and O–H groups in total. The minimum atomic E-state index is -0.502. The van der Waals surface area contributed by atoms with E-state index in [4.69, 9.17) is 15.7 Å². The maximum absolute atomic E-state index is 13.6. The van der Waals surface area contributed by atoms with E-state index in [1.54, 1.807) is 25.1 Å². The average Bonchev–Trinajstić information content (AvgIpc) is 2.41. The Bertz CT molecular complexity index is 650. The van der Waals surface area contributed by atoms with Crippen molar-refractivity contribution in [1.82, 2.24) is 4.98 Å². The predicted octanol–water partition coefficient (Wildman–Crippen LogP) is 2.56. The molecule has 0 saturated carbocycles.